The van der Waals surface area contributed by atoms with Crippen LogP contribution in [0.4, 0.5) is 0 Å². The second-order valence-corrected chi connectivity index (χ2v) is 1.44. The predicted molar refractivity (Wildman–Crippen MR) is 33.6 cm³/mol. The molecule has 0 saturated carbocycles. The van der Waals surface area contributed by atoms with E-state index in [0.29, 0.717) is 0 Å². The molecule has 1 aliphatic heterocycles. The zero-order valence-corrected chi connectivity index (χ0v) is 5.22. The van der Waals surface area contributed by atoms with Gasteiger partial charge in [-0.2, -0.15) is 0 Å². The molecule has 0 bridgehead atoms. The van der Waals surface area contributed by atoms with Crippen molar-refractivity contribution in [3.8, 4) is 0 Å². The molecule has 0 fully saturated rings. The smallest absolute Gasteiger partial charge is 0.300 e. The number of nitrogens with one attached hydrogen (secondary N) is 2. The Kier molecular flexibility index (Phi) is 4.30. The minimum Gasteiger partial charge on any atom is -0.481 e. The first-order valence-corrected chi connectivity index (χ1v) is 2.55. The van der Waals surface area contributed by atoms with Crippen molar-refractivity contribution in [3.63, 3.8) is 0 Å². The number of hydrogen-bond donors (Lipinski definition) is 3. The summed E-state index contributed by atoms with van der Waals surface area (Å²) in [5, 5.41) is 13.3. The Bertz CT molecular complexity index is 102. The van der Waals surface area contributed by atoms with Crippen LogP contribution in [0.15, 0.2) is 12.4 Å². The molecule has 0 saturated heterocycles. The van der Waals surface area contributed by atoms with Gasteiger partial charge < -0.3 is 15.7 Å². The summed E-state index contributed by atoms with van der Waals surface area (Å²) >= 11 is 0. The maximum Gasteiger partial charge on any atom is 0.300 e. The lowest BCUT2D eigenvalue weighted by Gasteiger charge is -1.82. The Morgan fingerprint density at radius 1 is 1.56 bits per heavy atom. The first kappa shape index (κ1) is 7.81. The van der Waals surface area contributed by atoms with Crippen LogP contribution in [0.2, 0.25) is 0 Å². The van der Waals surface area contributed by atoms with E-state index in [1.807, 2.05) is 12.4 Å². The van der Waals surface area contributed by atoms with Gasteiger partial charge in [0.15, 0.2) is 0 Å². The van der Waals surface area contributed by atoms with E-state index < -0.39 is 5.97 Å². The third kappa shape index (κ3) is 10.9. The average molecular weight is 130 g/mol. The highest BCUT2D eigenvalue weighted by Crippen LogP contribution is 1.65. The van der Waals surface area contributed by atoms with Crippen molar-refractivity contribution in [2.45, 2.75) is 6.92 Å². The molecule has 1 rings (SSSR count). The van der Waals surface area contributed by atoms with E-state index >= 15 is 0 Å². The van der Waals surface area contributed by atoms with Crippen LogP contribution >= 0.6 is 0 Å². The molecular formula is C5H10N2O2. The third-order valence-electron chi connectivity index (χ3n) is 0.523. The lowest BCUT2D eigenvalue weighted by Crippen LogP contribution is -2.10. The molecule has 9 heavy (non-hydrogen) atoms. The van der Waals surface area contributed by atoms with Crippen LogP contribution in [-0.4, -0.2) is 17.7 Å². The van der Waals surface area contributed by atoms with E-state index in [1.165, 1.54) is 0 Å². The molecule has 0 amide bonds. The molecule has 0 aliphatic carbocycles. The lowest BCUT2D eigenvalue weighted by atomic mass is 10.9. The normalized spacial score (nSPS) is 12.6. The molecule has 0 radical (unpaired) electrons. The highest BCUT2D eigenvalue weighted by atomic mass is 16.4. The molecule has 52 valence electrons. The van der Waals surface area contributed by atoms with Gasteiger partial charge in [0, 0.05) is 19.3 Å². The van der Waals surface area contributed by atoms with Gasteiger partial charge in [-0.15, -0.1) is 0 Å². The van der Waals surface area contributed by atoms with Gasteiger partial charge in [0.2, 0.25) is 0 Å². The van der Waals surface area contributed by atoms with Crippen molar-refractivity contribution in [2.75, 3.05) is 6.67 Å². The zero-order valence-electron chi connectivity index (χ0n) is 5.22. The summed E-state index contributed by atoms with van der Waals surface area (Å²) in [5.41, 5.74) is 0. The van der Waals surface area contributed by atoms with Crippen LogP contribution in [0.1, 0.15) is 6.92 Å². The summed E-state index contributed by atoms with van der Waals surface area (Å²) in [4.78, 5) is 9.00. The Morgan fingerprint density at radius 3 is 2.00 bits per heavy atom. The van der Waals surface area contributed by atoms with Crippen LogP contribution in [0.5, 0.6) is 0 Å². The highest BCUT2D eigenvalue weighted by Gasteiger charge is 1.77. The molecular weight excluding hydrogens is 120 g/mol. The highest BCUT2D eigenvalue weighted by molar-refractivity contribution is 5.62. The molecule has 4 nitrogen and oxygen atoms in total. The fraction of sp³-hybridized carbons (Fsp3) is 0.400. The minimum absolute atomic E-state index is 0.833. The second kappa shape index (κ2) is 4.96. The molecule has 0 unspecified atom stereocenters. The topological polar surface area (TPSA) is 61.4 Å². The zero-order chi connectivity index (χ0) is 7.11. The lowest BCUT2D eigenvalue weighted by molar-refractivity contribution is -0.134. The van der Waals surface area contributed by atoms with Crippen LogP contribution in [0.25, 0.3) is 0 Å². The number of carboxylic acid groups (broad SMARTS) is 1. The van der Waals surface area contributed by atoms with E-state index in [1.54, 1.807) is 0 Å². The standard InChI is InChI=1S/C3H6N2.C2H4O2/c1-2-5-3-4-1;1-2(3)4/h1-2,4-5H,3H2;1H3,(H,3,4). The van der Waals surface area contributed by atoms with Crippen molar-refractivity contribution < 1.29 is 9.90 Å². The second-order valence-electron chi connectivity index (χ2n) is 1.44. The summed E-state index contributed by atoms with van der Waals surface area (Å²) in [7, 11) is 0. The first-order valence-electron chi connectivity index (χ1n) is 2.55. The molecule has 0 aromatic carbocycles. The molecule has 4 heteroatoms. The van der Waals surface area contributed by atoms with E-state index in [4.69, 9.17) is 9.90 Å². The molecule has 0 aromatic heterocycles. The number of aliphatic carboxylic acids is 1. The van der Waals surface area contributed by atoms with Crippen LogP contribution in [-0.2, 0) is 4.79 Å². The Hall–Kier alpha value is -1.19. The number of carboxylic acids is 1. The molecule has 1 aliphatic rings. The van der Waals surface area contributed by atoms with Gasteiger partial charge in [-0.3, -0.25) is 4.79 Å². The van der Waals surface area contributed by atoms with E-state index in [2.05, 4.69) is 10.6 Å². The summed E-state index contributed by atoms with van der Waals surface area (Å²) < 4.78 is 0. The summed E-state index contributed by atoms with van der Waals surface area (Å²) in [5.74, 6) is -0.833. The monoisotopic (exact) mass is 130 g/mol. The van der Waals surface area contributed by atoms with Gasteiger partial charge in [0.25, 0.3) is 5.97 Å². The van der Waals surface area contributed by atoms with Gasteiger partial charge in [-0.1, -0.05) is 0 Å². The van der Waals surface area contributed by atoms with Gasteiger partial charge in [-0.25, -0.2) is 0 Å². The molecule has 0 spiro atoms. The van der Waals surface area contributed by atoms with Gasteiger partial charge in [-0.05, 0) is 0 Å². The van der Waals surface area contributed by atoms with Crippen molar-refractivity contribution >= 4 is 5.97 Å². The predicted octanol–water partition coefficient (Wildman–Crippen LogP) is -0.301. The van der Waals surface area contributed by atoms with E-state index in [-0.39, 0.29) is 0 Å². The van der Waals surface area contributed by atoms with Gasteiger partial charge >= 0.3 is 0 Å². The molecule has 0 atom stereocenters. The third-order valence-corrected chi connectivity index (χ3v) is 0.523. The SMILES string of the molecule is C1=CNCN1.CC(=O)O. The molecule has 3 N–H and O–H groups in total. The van der Waals surface area contributed by atoms with Gasteiger partial charge in [0.1, 0.15) is 0 Å². The molecule has 1 heterocycles. The molecule has 0 aromatic rings. The maximum absolute atomic E-state index is 9.00. The first-order chi connectivity index (χ1) is 4.23. The van der Waals surface area contributed by atoms with Crippen LogP contribution in [0, 0.1) is 0 Å². The Labute approximate surface area is 53.6 Å². The summed E-state index contributed by atoms with van der Waals surface area (Å²) in [6.45, 7) is 1.97. The maximum atomic E-state index is 9.00. The van der Waals surface area contributed by atoms with Crippen molar-refractivity contribution in [1.29, 1.82) is 0 Å². The fourth-order valence-corrected chi connectivity index (χ4v) is 0.295. The van der Waals surface area contributed by atoms with Crippen molar-refractivity contribution in [1.82, 2.24) is 10.6 Å². The van der Waals surface area contributed by atoms with Crippen molar-refractivity contribution in [2.24, 2.45) is 0 Å². The quantitative estimate of drug-likeness (QED) is 0.421. The number of rotatable bonds is 0. The fourth-order valence-electron chi connectivity index (χ4n) is 0.295. The average Bonchev–Trinajstić information content (AvgIpc) is 2.11. The summed E-state index contributed by atoms with van der Waals surface area (Å²) in [6.07, 6.45) is 3.75. The largest absolute Gasteiger partial charge is 0.481 e. The number of carbonyl (C=O) groups is 1. The van der Waals surface area contributed by atoms with Crippen LogP contribution in [0.3, 0.4) is 0 Å². The van der Waals surface area contributed by atoms with Crippen LogP contribution < -0.4 is 10.6 Å². The Morgan fingerprint density at radius 2 is 1.89 bits per heavy atom. The summed E-state index contributed by atoms with van der Waals surface area (Å²) in [6, 6.07) is 0. The van der Waals surface area contributed by atoms with E-state index in [9.17, 15) is 0 Å². The Balaban J connectivity index is 0.000000148. The van der Waals surface area contributed by atoms with E-state index in [0.717, 1.165) is 13.6 Å². The van der Waals surface area contributed by atoms with Gasteiger partial charge in [0.05, 0.1) is 6.67 Å². The van der Waals surface area contributed by atoms with Crippen molar-refractivity contribution in [3.05, 3.63) is 12.4 Å². The number of hydrogen-bond acceptors (Lipinski definition) is 3. The minimum atomic E-state index is -0.833.